The molecule has 0 heterocycles. The lowest BCUT2D eigenvalue weighted by atomic mass is 10.1. The smallest absolute Gasteiger partial charge is 0.325 e. The van der Waals surface area contributed by atoms with Crippen molar-refractivity contribution < 1.29 is 28.9 Å². The largest absolute Gasteiger partial charge is 0.480 e. The van der Waals surface area contributed by atoms with Crippen LogP contribution in [0.1, 0.15) is 26.7 Å². The molecule has 0 aromatic rings. The molecule has 0 saturated heterocycles. The predicted octanol–water partition coefficient (Wildman–Crippen LogP) is -0.953. The first-order valence-electron chi connectivity index (χ1n) is 6.28. The van der Waals surface area contributed by atoms with Crippen LogP contribution in [-0.2, 0) is 18.9 Å². The van der Waals surface area contributed by atoms with E-state index in [-0.39, 0.29) is 19.0 Å². The Morgan fingerprint density at radius 3 is 2.33 bits per heavy atom. The zero-order valence-electron chi connectivity index (χ0n) is 12.3. The number of carbonyl (C=O) groups is 3. The monoisotopic (exact) mass is 323 g/mol. The molecule has 6 N–H and O–H groups in total. The molecule has 0 fully saturated rings. The van der Waals surface area contributed by atoms with Gasteiger partial charge >= 0.3 is 5.97 Å². The first kappa shape index (κ1) is 19.6. The van der Waals surface area contributed by atoms with Gasteiger partial charge in [-0.2, -0.15) is 0 Å². The lowest BCUT2D eigenvalue weighted by molar-refractivity contribution is -0.142. The van der Waals surface area contributed by atoms with Gasteiger partial charge in [-0.1, -0.05) is 0 Å². The van der Waals surface area contributed by atoms with E-state index in [2.05, 4.69) is 10.6 Å². The van der Waals surface area contributed by atoms with Crippen LogP contribution >= 0.6 is 7.37 Å². The van der Waals surface area contributed by atoms with Gasteiger partial charge in [-0.3, -0.25) is 18.9 Å². The number of carboxylic acid groups (broad SMARTS) is 1. The van der Waals surface area contributed by atoms with Crippen molar-refractivity contribution in [1.29, 1.82) is 0 Å². The molecule has 3 atom stereocenters. The lowest BCUT2D eigenvalue weighted by Gasteiger charge is -2.26. The third-order valence-corrected chi connectivity index (χ3v) is 3.71. The number of carboxylic acids is 1. The minimum absolute atomic E-state index is 0.00997. The summed E-state index contributed by atoms with van der Waals surface area (Å²) >= 11 is 0. The van der Waals surface area contributed by atoms with Crippen molar-refractivity contribution in [3.63, 3.8) is 0 Å². The van der Waals surface area contributed by atoms with Crippen LogP contribution in [0.4, 0.5) is 0 Å². The van der Waals surface area contributed by atoms with Crippen molar-refractivity contribution in [2.75, 3.05) is 12.8 Å². The van der Waals surface area contributed by atoms with Gasteiger partial charge < -0.3 is 26.4 Å². The summed E-state index contributed by atoms with van der Waals surface area (Å²) in [6, 6.07) is -1.14. The highest BCUT2D eigenvalue weighted by molar-refractivity contribution is 7.57. The summed E-state index contributed by atoms with van der Waals surface area (Å²) in [6.45, 7) is 3.68. The fourth-order valence-corrected chi connectivity index (χ4v) is 2.10. The van der Waals surface area contributed by atoms with Crippen LogP contribution in [0.5, 0.6) is 0 Å². The Labute approximate surface area is 122 Å². The number of nitrogens with two attached hydrogens (primary N) is 1. The summed E-state index contributed by atoms with van der Waals surface area (Å²) in [7, 11) is -3.18. The summed E-state index contributed by atoms with van der Waals surface area (Å²) in [5.41, 5.74) is 3.86. The number of nitrogens with one attached hydrogen (secondary N) is 2. The van der Waals surface area contributed by atoms with Crippen molar-refractivity contribution in [3.8, 4) is 0 Å². The van der Waals surface area contributed by atoms with Crippen LogP contribution in [0.15, 0.2) is 0 Å². The lowest BCUT2D eigenvalue weighted by Crippen LogP contribution is -2.64. The molecule has 0 spiro atoms. The van der Waals surface area contributed by atoms with Gasteiger partial charge in [-0.25, -0.2) is 0 Å². The van der Waals surface area contributed by atoms with Crippen molar-refractivity contribution in [3.05, 3.63) is 0 Å². The minimum Gasteiger partial charge on any atom is -0.480 e. The van der Waals surface area contributed by atoms with Crippen LogP contribution in [0.2, 0.25) is 0 Å². The number of carbonyl (C=O) groups excluding carboxylic acids is 2. The van der Waals surface area contributed by atoms with E-state index in [1.54, 1.807) is 0 Å². The maximum Gasteiger partial charge on any atom is 0.325 e. The van der Waals surface area contributed by atoms with E-state index in [1.165, 1.54) is 20.5 Å². The number of amides is 2. The Hall–Kier alpha value is -1.44. The number of hydrogen-bond acceptors (Lipinski definition) is 5. The van der Waals surface area contributed by atoms with Crippen LogP contribution in [0, 0.1) is 0 Å². The van der Waals surface area contributed by atoms with Crippen LogP contribution in [-0.4, -0.2) is 52.3 Å². The predicted molar refractivity (Wildman–Crippen MR) is 75.8 cm³/mol. The SMILES string of the molecule is C[C@H](NC(=O)[C@@](C)(N)NC(=O)CCCP(C)(=O)O)C(=O)O. The first-order chi connectivity index (χ1) is 9.35. The second-order valence-electron chi connectivity index (χ2n) is 5.16. The first-order valence-corrected chi connectivity index (χ1v) is 8.57. The van der Waals surface area contributed by atoms with Crippen molar-refractivity contribution >= 4 is 25.2 Å². The summed E-state index contributed by atoms with van der Waals surface area (Å²) < 4.78 is 11.1. The molecule has 2 amide bonds. The summed E-state index contributed by atoms with van der Waals surface area (Å²) in [6.07, 6.45) is 0.107. The van der Waals surface area contributed by atoms with Gasteiger partial charge in [-0.15, -0.1) is 0 Å². The number of aliphatic carboxylic acids is 1. The van der Waals surface area contributed by atoms with Gasteiger partial charge in [0.1, 0.15) is 6.04 Å². The van der Waals surface area contributed by atoms with Crippen molar-refractivity contribution in [2.24, 2.45) is 5.73 Å². The maximum absolute atomic E-state index is 11.7. The van der Waals surface area contributed by atoms with E-state index in [1.807, 2.05) is 0 Å². The Balaban J connectivity index is 4.39. The molecule has 21 heavy (non-hydrogen) atoms. The highest BCUT2D eigenvalue weighted by Gasteiger charge is 2.32. The average Bonchev–Trinajstić information content (AvgIpc) is 2.25. The van der Waals surface area contributed by atoms with E-state index in [0.717, 1.165) is 0 Å². The van der Waals surface area contributed by atoms with Crippen molar-refractivity contribution in [2.45, 2.75) is 38.4 Å². The van der Waals surface area contributed by atoms with E-state index < -0.39 is 36.9 Å². The molecular weight excluding hydrogens is 301 g/mol. The summed E-state index contributed by atoms with van der Waals surface area (Å²) in [5.74, 6) is -2.63. The molecule has 0 aliphatic carbocycles. The van der Waals surface area contributed by atoms with Gasteiger partial charge in [0.2, 0.25) is 5.91 Å². The molecule has 0 aromatic carbocycles. The second kappa shape index (κ2) is 7.53. The molecule has 0 rings (SSSR count). The molecule has 0 aromatic heterocycles. The fourth-order valence-electron chi connectivity index (χ4n) is 1.35. The van der Waals surface area contributed by atoms with Gasteiger partial charge in [0.25, 0.3) is 5.91 Å². The minimum atomic E-state index is -3.18. The highest BCUT2D eigenvalue weighted by Crippen LogP contribution is 2.35. The van der Waals surface area contributed by atoms with E-state index in [9.17, 15) is 18.9 Å². The molecule has 1 unspecified atom stereocenters. The topological polar surface area (TPSA) is 159 Å². The van der Waals surface area contributed by atoms with E-state index in [4.69, 9.17) is 15.7 Å². The van der Waals surface area contributed by atoms with Gasteiger partial charge in [0.15, 0.2) is 13.0 Å². The molecule has 9 nitrogen and oxygen atoms in total. The van der Waals surface area contributed by atoms with E-state index in [0.29, 0.717) is 0 Å². The Kier molecular flexibility index (Phi) is 7.02. The molecule has 122 valence electrons. The standard InChI is InChI=1S/C11H22N3O6P/c1-7(9(16)17)13-10(18)11(2,12)14-8(15)5-4-6-21(3,19)20/h7H,4-6,12H2,1-3H3,(H,13,18)(H,14,15)(H,16,17)(H,19,20)/t7-,11-/m0/s1. The maximum atomic E-state index is 11.7. The normalized spacial score (nSPS) is 18.0. The molecule has 0 bridgehead atoms. The van der Waals surface area contributed by atoms with Crippen LogP contribution in [0.3, 0.4) is 0 Å². The van der Waals surface area contributed by atoms with Gasteiger partial charge in [0, 0.05) is 19.2 Å². The molecular formula is C11H22N3O6P. The molecule has 0 radical (unpaired) electrons. The quantitative estimate of drug-likeness (QED) is 0.284. The zero-order chi connectivity index (χ0) is 16.8. The fraction of sp³-hybridized carbons (Fsp3) is 0.727. The number of rotatable bonds is 8. The Morgan fingerprint density at radius 1 is 1.38 bits per heavy atom. The zero-order valence-corrected chi connectivity index (χ0v) is 13.1. The summed E-state index contributed by atoms with van der Waals surface area (Å²) in [4.78, 5) is 43.1. The average molecular weight is 323 g/mol. The van der Waals surface area contributed by atoms with E-state index >= 15 is 0 Å². The summed E-state index contributed by atoms with van der Waals surface area (Å²) in [5, 5.41) is 13.1. The van der Waals surface area contributed by atoms with Crippen molar-refractivity contribution in [1.82, 2.24) is 10.6 Å². The van der Waals surface area contributed by atoms with Crippen LogP contribution < -0.4 is 16.4 Å². The molecule has 0 aliphatic rings. The third-order valence-electron chi connectivity index (χ3n) is 2.57. The Bertz CT molecular complexity index is 459. The van der Waals surface area contributed by atoms with Crippen LogP contribution in [0.25, 0.3) is 0 Å². The molecule has 10 heteroatoms. The molecule has 0 aliphatic heterocycles. The van der Waals surface area contributed by atoms with Gasteiger partial charge in [0.05, 0.1) is 0 Å². The third kappa shape index (κ3) is 8.44. The highest BCUT2D eigenvalue weighted by atomic mass is 31.2. The second-order valence-corrected chi connectivity index (χ2v) is 7.71. The van der Waals surface area contributed by atoms with Gasteiger partial charge in [-0.05, 0) is 20.3 Å². The number of hydrogen-bond donors (Lipinski definition) is 5. The molecule has 0 saturated carbocycles. The Morgan fingerprint density at radius 2 is 1.90 bits per heavy atom.